The fraction of sp³-hybridized carbons (Fsp3) is 0.545. The van der Waals surface area contributed by atoms with Gasteiger partial charge in [-0.05, 0) is 85.8 Å². The second kappa shape index (κ2) is 6.69. The molecule has 0 radical (unpaired) electrons. The van der Waals surface area contributed by atoms with Crippen molar-refractivity contribution in [3.8, 4) is 0 Å². The normalized spacial score (nSPS) is 31.2. The number of H-pyrrole nitrogens is 1. The second-order valence-corrected chi connectivity index (χ2v) is 10.0. The first-order chi connectivity index (χ1) is 13.1. The summed E-state index contributed by atoms with van der Waals surface area (Å²) in [6, 6.07) is 7.11. The van der Waals surface area contributed by atoms with Crippen LogP contribution in [0, 0.1) is 24.7 Å². The molecule has 0 aliphatic heterocycles. The number of nitrogens with one attached hydrogen (secondary N) is 2. The lowest BCUT2D eigenvalue weighted by Crippen LogP contribution is -2.48. The largest absolute Gasteiger partial charge is 0.358 e. The Bertz CT molecular complexity index is 807. The smallest absolute Gasteiger partial charge is 0.188 e. The van der Waals surface area contributed by atoms with E-state index in [1.807, 2.05) is 0 Å². The average Bonchev–Trinajstić information content (AvgIpc) is 3.14. The monoisotopic (exact) mass is 380 g/mol. The average molecular weight is 381 g/mol. The van der Waals surface area contributed by atoms with Gasteiger partial charge in [0.05, 0.1) is 0 Å². The van der Waals surface area contributed by atoms with Crippen molar-refractivity contribution < 1.29 is 0 Å². The summed E-state index contributed by atoms with van der Waals surface area (Å²) in [4.78, 5) is 3.01. The zero-order chi connectivity index (χ0) is 18.4. The molecular formula is C22H28N4S. The van der Waals surface area contributed by atoms with Gasteiger partial charge in [0.25, 0.3) is 0 Å². The molecule has 2 aromatic rings. The summed E-state index contributed by atoms with van der Waals surface area (Å²) in [6.07, 6.45) is 10.4. The van der Waals surface area contributed by atoms with Crippen LogP contribution in [0.2, 0.25) is 0 Å². The highest BCUT2D eigenvalue weighted by molar-refractivity contribution is 7.99. The van der Waals surface area contributed by atoms with Gasteiger partial charge in [-0.15, -0.1) is 10.2 Å². The number of aromatic amines is 1. The lowest BCUT2D eigenvalue weighted by molar-refractivity contribution is -0.00520. The van der Waals surface area contributed by atoms with E-state index in [1.54, 1.807) is 23.7 Å². The number of rotatable bonds is 6. The maximum atomic E-state index is 4.17. The van der Waals surface area contributed by atoms with Crippen molar-refractivity contribution in [2.75, 3.05) is 11.1 Å². The van der Waals surface area contributed by atoms with Gasteiger partial charge in [0.2, 0.25) is 0 Å². The van der Waals surface area contributed by atoms with Crippen LogP contribution in [0.4, 0.5) is 5.69 Å². The van der Waals surface area contributed by atoms with E-state index < -0.39 is 0 Å². The van der Waals surface area contributed by atoms with E-state index in [9.17, 15) is 0 Å². The standard InChI is InChI=1S/C22H28N4S/c1-14-5-19(22-9-16-6-17(10-22)8-18(7-16)11-22)3-4-20(14)25-15(2)12-27-21-23-13-24-26-21/h3-5,13,16-18,25H,2,6-12H2,1H3,(H,23,24,26). The minimum absolute atomic E-state index is 0.469. The molecule has 6 rings (SSSR count). The van der Waals surface area contributed by atoms with E-state index in [0.29, 0.717) is 5.41 Å². The summed E-state index contributed by atoms with van der Waals surface area (Å²) in [5.74, 6) is 3.73. The molecule has 0 saturated heterocycles. The van der Waals surface area contributed by atoms with Crippen LogP contribution in [0.15, 0.2) is 42.0 Å². The van der Waals surface area contributed by atoms with Crippen LogP contribution in [0.3, 0.4) is 0 Å². The molecule has 5 heteroatoms. The van der Waals surface area contributed by atoms with Crippen LogP contribution in [-0.2, 0) is 5.41 Å². The Morgan fingerprint density at radius 3 is 2.52 bits per heavy atom. The third kappa shape index (κ3) is 3.31. The quantitative estimate of drug-likeness (QED) is 0.668. The van der Waals surface area contributed by atoms with Gasteiger partial charge in [0, 0.05) is 17.1 Å². The number of aryl methyl sites for hydroxylation is 1. The van der Waals surface area contributed by atoms with Crippen molar-refractivity contribution in [2.45, 2.75) is 56.0 Å². The van der Waals surface area contributed by atoms with Gasteiger partial charge >= 0.3 is 0 Å². The molecule has 0 unspecified atom stereocenters. The summed E-state index contributed by atoms with van der Waals surface area (Å²) in [5.41, 5.74) is 5.55. The van der Waals surface area contributed by atoms with Crippen molar-refractivity contribution in [2.24, 2.45) is 17.8 Å². The van der Waals surface area contributed by atoms with E-state index in [4.69, 9.17) is 0 Å². The van der Waals surface area contributed by atoms with E-state index in [-0.39, 0.29) is 0 Å². The Morgan fingerprint density at radius 1 is 1.22 bits per heavy atom. The van der Waals surface area contributed by atoms with Crippen molar-refractivity contribution >= 4 is 17.4 Å². The van der Waals surface area contributed by atoms with Crippen LogP contribution in [-0.4, -0.2) is 20.9 Å². The highest BCUT2D eigenvalue weighted by atomic mass is 32.2. The molecule has 0 amide bonds. The molecule has 4 fully saturated rings. The maximum Gasteiger partial charge on any atom is 0.188 e. The predicted octanol–water partition coefficient (Wildman–Crippen LogP) is 5.30. The molecular weight excluding hydrogens is 352 g/mol. The Morgan fingerprint density at radius 2 is 1.93 bits per heavy atom. The van der Waals surface area contributed by atoms with E-state index >= 15 is 0 Å². The van der Waals surface area contributed by atoms with Crippen LogP contribution in [0.1, 0.15) is 49.7 Å². The minimum Gasteiger partial charge on any atom is -0.358 e. The highest BCUT2D eigenvalue weighted by Gasteiger charge is 2.51. The van der Waals surface area contributed by atoms with Crippen molar-refractivity contribution in [3.05, 3.63) is 47.9 Å². The third-order valence-electron chi connectivity index (χ3n) is 6.97. The molecule has 4 saturated carbocycles. The first kappa shape index (κ1) is 17.4. The Hall–Kier alpha value is -1.75. The molecule has 1 heterocycles. The van der Waals surface area contributed by atoms with Crippen LogP contribution >= 0.6 is 11.8 Å². The fourth-order valence-corrected chi connectivity index (χ4v) is 6.87. The molecule has 4 aliphatic rings. The van der Waals surface area contributed by atoms with Crippen LogP contribution in [0.25, 0.3) is 0 Å². The molecule has 0 atom stereocenters. The molecule has 1 aromatic heterocycles. The predicted molar refractivity (Wildman–Crippen MR) is 111 cm³/mol. The van der Waals surface area contributed by atoms with Crippen LogP contribution in [0.5, 0.6) is 0 Å². The number of hydrogen-bond donors (Lipinski definition) is 2. The van der Waals surface area contributed by atoms with Gasteiger partial charge < -0.3 is 10.3 Å². The zero-order valence-electron chi connectivity index (χ0n) is 16.0. The summed E-state index contributed by atoms with van der Waals surface area (Å²) >= 11 is 1.61. The summed E-state index contributed by atoms with van der Waals surface area (Å²) in [6.45, 7) is 6.40. The first-order valence-corrected chi connectivity index (χ1v) is 11.1. The molecule has 142 valence electrons. The highest BCUT2D eigenvalue weighted by Crippen LogP contribution is 2.60. The SMILES string of the molecule is C=C(CSc1nnc[nH]1)Nc1ccc(C23CC4CC(CC(C4)C2)C3)cc1C. The Kier molecular flexibility index (Phi) is 4.30. The first-order valence-electron chi connectivity index (χ1n) is 10.1. The van der Waals surface area contributed by atoms with Crippen molar-refractivity contribution in [1.82, 2.24) is 15.2 Å². The van der Waals surface area contributed by atoms with Gasteiger partial charge in [-0.1, -0.05) is 30.5 Å². The molecule has 4 bridgehead atoms. The van der Waals surface area contributed by atoms with Crippen LogP contribution < -0.4 is 5.32 Å². The maximum absolute atomic E-state index is 4.17. The summed E-state index contributed by atoms with van der Waals surface area (Å²) in [7, 11) is 0. The number of hydrogen-bond acceptors (Lipinski definition) is 4. The van der Waals surface area contributed by atoms with Gasteiger partial charge in [0.1, 0.15) is 6.33 Å². The topological polar surface area (TPSA) is 53.6 Å². The fourth-order valence-electron chi connectivity index (χ4n) is 6.24. The molecule has 4 aliphatic carbocycles. The van der Waals surface area contributed by atoms with Crippen molar-refractivity contribution in [1.29, 1.82) is 0 Å². The number of anilines is 1. The zero-order valence-corrected chi connectivity index (χ0v) is 16.8. The van der Waals surface area contributed by atoms with Crippen molar-refractivity contribution in [3.63, 3.8) is 0 Å². The van der Waals surface area contributed by atoms with Gasteiger partial charge in [-0.2, -0.15) is 0 Å². The number of nitrogens with zero attached hydrogens (tertiary/aromatic N) is 2. The van der Waals surface area contributed by atoms with Gasteiger partial charge in [0.15, 0.2) is 5.16 Å². The second-order valence-electron chi connectivity index (χ2n) is 9.04. The molecule has 2 N–H and O–H groups in total. The number of aromatic nitrogens is 3. The van der Waals surface area contributed by atoms with Gasteiger partial charge in [-0.25, -0.2) is 0 Å². The van der Waals surface area contributed by atoms with E-state index in [1.165, 1.54) is 49.8 Å². The lowest BCUT2D eigenvalue weighted by Gasteiger charge is -2.57. The van der Waals surface area contributed by atoms with Gasteiger partial charge in [-0.3, -0.25) is 0 Å². The van der Waals surface area contributed by atoms with E-state index in [0.717, 1.165) is 34.4 Å². The molecule has 4 nitrogen and oxygen atoms in total. The molecule has 0 spiro atoms. The Balaban J connectivity index is 1.29. The Labute approximate surface area is 165 Å². The summed E-state index contributed by atoms with van der Waals surface area (Å²) in [5, 5.41) is 12.1. The lowest BCUT2D eigenvalue weighted by atomic mass is 9.48. The number of benzene rings is 1. The molecule has 27 heavy (non-hydrogen) atoms. The summed E-state index contributed by atoms with van der Waals surface area (Å²) < 4.78 is 0. The number of thioether (sulfide) groups is 1. The van der Waals surface area contributed by atoms with E-state index in [2.05, 4.69) is 52.2 Å². The third-order valence-corrected chi connectivity index (χ3v) is 7.93. The minimum atomic E-state index is 0.469. The molecule has 1 aromatic carbocycles.